The maximum Gasteiger partial charge on any atom is 0.420 e. The summed E-state index contributed by atoms with van der Waals surface area (Å²) in [4.78, 5) is 0. The number of rotatable bonds is 2. The van der Waals surface area contributed by atoms with Crippen LogP contribution in [0.5, 0.6) is 0 Å². The summed E-state index contributed by atoms with van der Waals surface area (Å²) in [5, 5.41) is 0. The first-order chi connectivity index (χ1) is 6.12. The Hall–Kier alpha value is -0.0500. The minimum Gasteiger partial charge on any atom is -0.366 e. The highest BCUT2D eigenvalue weighted by Gasteiger charge is 2.64. The summed E-state index contributed by atoms with van der Waals surface area (Å²) < 4.78 is 63.0. The van der Waals surface area contributed by atoms with Gasteiger partial charge in [0.2, 0.25) is 0 Å². The van der Waals surface area contributed by atoms with Crippen molar-refractivity contribution in [1.82, 2.24) is 4.31 Å². The number of alkyl halides is 3. The number of nitrogens with zero attached hydrogens (tertiary/aromatic N) is 1. The van der Waals surface area contributed by atoms with Crippen LogP contribution in [0.15, 0.2) is 0 Å². The minimum atomic E-state index is -4.60. The van der Waals surface area contributed by atoms with E-state index in [4.69, 9.17) is 10.7 Å². The molecule has 1 rings (SSSR count). The Morgan fingerprint density at radius 1 is 1.43 bits per heavy atom. The quantitative estimate of drug-likeness (QED) is 0.682. The molecule has 14 heavy (non-hydrogen) atoms. The lowest BCUT2D eigenvalue weighted by Crippen LogP contribution is -2.70. The molecule has 0 amide bonds. The fourth-order valence-corrected chi connectivity index (χ4v) is 2.12. The lowest BCUT2D eigenvalue weighted by Gasteiger charge is -2.47. The molecule has 0 atom stereocenters. The maximum atomic E-state index is 12.3. The first-order valence-corrected chi connectivity index (χ1v) is 5.71. The zero-order chi connectivity index (χ0) is 11.2. The molecule has 0 unspecified atom stereocenters. The van der Waals surface area contributed by atoms with E-state index in [9.17, 15) is 21.6 Å². The molecule has 0 aromatic carbocycles. The average molecular weight is 254 g/mol. The van der Waals surface area contributed by atoms with E-state index in [1.54, 1.807) is 0 Å². The summed E-state index contributed by atoms with van der Waals surface area (Å²) in [6.45, 7) is -1.59. The summed E-state index contributed by atoms with van der Waals surface area (Å²) in [5.74, 6) is 0. The Morgan fingerprint density at radius 2 is 1.86 bits per heavy atom. The van der Waals surface area contributed by atoms with Crippen LogP contribution < -0.4 is 0 Å². The Morgan fingerprint density at radius 3 is 2.07 bits per heavy atom. The molecule has 0 saturated carbocycles. The summed E-state index contributed by atoms with van der Waals surface area (Å²) in [6.07, 6.45) is -4.60. The van der Waals surface area contributed by atoms with Crippen molar-refractivity contribution in [3.63, 3.8) is 0 Å². The molecule has 4 nitrogen and oxygen atoms in total. The standard InChI is InChI=1S/C5H7ClF3NO3S/c1-13-4(5(7,8)9)2-10(3-4)14(6,11)12/h2-3H2,1H3. The molecular weight excluding hydrogens is 247 g/mol. The number of halogens is 4. The van der Waals surface area contributed by atoms with Crippen molar-refractivity contribution in [2.45, 2.75) is 11.8 Å². The van der Waals surface area contributed by atoms with Crippen molar-refractivity contribution >= 4 is 19.9 Å². The van der Waals surface area contributed by atoms with Crippen molar-refractivity contribution in [2.24, 2.45) is 0 Å². The molecule has 0 aromatic heterocycles. The van der Waals surface area contributed by atoms with Gasteiger partial charge in [-0.1, -0.05) is 0 Å². The molecular formula is C5H7ClF3NO3S. The Labute approximate surface area is 83.1 Å². The van der Waals surface area contributed by atoms with Gasteiger partial charge in [-0.25, -0.2) is 0 Å². The van der Waals surface area contributed by atoms with Crippen LogP contribution in [0, 0.1) is 0 Å². The second-order valence-electron chi connectivity index (χ2n) is 2.91. The molecule has 1 saturated heterocycles. The largest absolute Gasteiger partial charge is 0.420 e. The molecule has 84 valence electrons. The van der Waals surface area contributed by atoms with Gasteiger partial charge in [0.25, 0.3) is 9.24 Å². The van der Waals surface area contributed by atoms with Crippen LogP contribution in [0.3, 0.4) is 0 Å². The van der Waals surface area contributed by atoms with Gasteiger partial charge in [-0.05, 0) is 0 Å². The van der Waals surface area contributed by atoms with E-state index < -0.39 is 34.1 Å². The number of ether oxygens (including phenoxy) is 1. The zero-order valence-electron chi connectivity index (χ0n) is 7.01. The summed E-state index contributed by atoms with van der Waals surface area (Å²) in [7, 11) is 1.64. The molecule has 0 bridgehead atoms. The summed E-state index contributed by atoms with van der Waals surface area (Å²) in [5.41, 5.74) is -2.41. The number of hydrogen-bond acceptors (Lipinski definition) is 3. The van der Waals surface area contributed by atoms with E-state index >= 15 is 0 Å². The topological polar surface area (TPSA) is 46.6 Å². The van der Waals surface area contributed by atoms with Gasteiger partial charge in [-0.2, -0.15) is 25.9 Å². The third-order valence-corrected chi connectivity index (χ3v) is 3.54. The molecule has 9 heteroatoms. The normalized spacial score (nSPS) is 23.2. The van der Waals surface area contributed by atoms with Crippen LogP contribution in [0.25, 0.3) is 0 Å². The minimum absolute atomic E-state index is 0.492. The molecule has 1 aliphatic heterocycles. The number of hydrogen-bond donors (Lipinski definition) is 0. The Kier molecular flexibility index (Phi) is 2.77. The van der Waals surface area contributed by atoms with Gasteiger partial charge in [0.15, 0.2) is 5.60 Å². The summed E-state index contributed by atoms with van der Waals surface area (Å²) in [6, 6.07) is 0. The van der Waals surface area contributed by atoms with Gasteiger partial charge >= 0.3 is 6.18 Å². The van der Waals surface area contributed by atoms with E-state index in [1.807, 2.05) is 0 Å². The van der Waals surface area contributed by atoms with E-state index in [0.717, 1.165) is 7.11 Å². The van der Waals surface area contributed by atoms with Crippen LogP contribution in [-0.2, 0) is 14.0 Å². The van der Waals surface area contributed by atoms with Crippen LogP contribution in [0.4, 0.5) is 13.2 Å². The number of methoxy groups -OCH3 is 1. The van der Waals surface area contributed by atoms with Gasteiger partial charge in [0.05, 0.1) is 13.1 Å². The van der Waals surface area contributed by atoms with Gasteiger partial charge in [-0.15, -0.1) is 0 Å². The van der Waals surface area contributed by atoms with Crippen LogP contribution >= 0.6 is 10.7 Å². The van der Waals surface area contributed by atoms with E-state index in [1.165, 1.54) is 0 Å². The van der Waals surface area contributed by atoms with Crippen LogP contribution in [-0.4, -0.2) is 44.7 Å². The van der Waals surface area contributed by atoms with E-state index in [2.05, 4.69) is 4.74 Å². The summed E-state index contributed by atoms with van der Waals surface area (Å²) >= 11 is 0. The van der Waals surface area contributed by atoms with Crippen LogP contribution in [0.1, 0.15) is 0 Å². The molecule has 0 radical (unpaired) electrons. The molecule has 0 aliphatic carbocycles. The molecule has 1 fully saturated rings. The monoisotopic (exact) mass is 253 g/mol. The SMILES string of the molecule is COC1(C(F)(F)F)CN(S(=O)(=O)Cl)C1. The highest BCUT2D eigenvalue weighted by Crippen LogP contribution is 2.41. The maximum absolute atomic E-state index is 12.3. The fourth-order valence-electron chi connectivity index (χ4n) is 1.10. The predicted octanol–water partition coefficient (Wildman–Crippen LogP) is 0.733. The van der Waals surface area contributed by atoms with Gasteiger partial charge in [0.1, 0.15) is 0 Å². The van der Waals surface area contributed by atoms with E-state index in [-0.39, 0.29) is 0 Å². The van der Waals surface area contributed by atoms with Gasteiger partial charge < -0.3 is 4.74 Å². The Bertz CT molecular complexity index is 322. The van der Waals surface area contributed by atoms with Crippen molar-refractivity contribution in [3.8, 4) is 0 Å². The van der Waals surface area contributed by atoms with Gasteiger partial charge in [0, 0.05) is 17.8 Å². The molecule has 1 aliphatic rings. The van der Waals surface area contributed by atoms with Crippen molar-refractivity contribution in [2.75, 3.05) is 20.2 Å². The molecule has 0 N–H and O–H groups in total. The predicted molar refractivity (Wildman–Crippen MR) is 42.1 cm³/mol. The molecule has 0 aromatic rings. The van der Waals surface area contributed by atoms with Crippen molar-refractivity contribution in [1.29, 1.82) is 0 Å². The smallest absolute Gasteiger partial charge is 0.366 e. The third kappa shape index (κ3) is 1.83. The van der Waals surface area contributed by atoms with Crippen molar-refractivity contribution < 1.29 is 26.3 Å². The molecule has 1 heterocycles. The Balaban J connectivity index is 2.77. The lowest BCUT2D eigenvalue weighted by atomic mass is 9.96. The highest BCUT2D eigenvalue weighted by molar-refractivity contribution is 8.11. The van der Waals surface area contributed by atoms with Crippen LogP contribution in [0.2, 0.25) is 0 Å². The second kappa shape index (κ2) is 3.22. The zero-order valence-corrected chi connectivity index (χ0v) is 8.58. The lowest BCUT2D eigenvalue weighted by molar-refractivity contribution is -0.299. The molecule has 0 spiro atoms. The fraction of sp³-hybridized carbons (Fsp3) is 1.00. The van der Waals surface area contributed by atoms with E-state index in [0.29, 0.717) is 4.31 Å². The first kappa shape index (κ1) is 12.0. The van der Waals surface area contributed by atoms with Gasteiger partial charge in [-0.3, -0.25) is 0 Å². The van der Waals surface area contributed by atoms with Crippen molar-refractivity contribution in [3.05, 3.63) is 0 Å². The average Bonchev–Trinajstić information content (AvgIpc) is 1.78. The third-order valence-electron chi connectivity index (χ3n) is 2.08. The second-order valence-corrected chi connectivity index (χ2v) is 5.42. The highest BCUT2D eigenvalue weighted by atomic mass is 35.7. The first-order valence-electron chi connectivity index (χ1n) is 3.44.